The highest BCUT2D eigenvalue weighted by Crippen LogP contribution is 2.36. The van der Waals surface area contributed by atoms with Crippen LogP contribution in [0, 0.1) is 5.41 Å². The molecule has 3 nitrogen and oxygen atoms in total. The molecule has 0 spiro atoms. The smallest absolute Gasteiger partial charge is 0.143 e. The van der Waals surface area contributed by atoms with Gasteiger partial charge in [-0.25, -0.2) is 0 Å². The summed E-state index contributed by atoms with van der Waals surface area (Å²) >= 11 is 0. The van der Waals surface area contributed by atoms with E-state index in [2.05, 4.69) is 36.1 Å². The van der Waals surface area contributed by atoms with Crippen molar-refractivity contribution in [2.24, 2.45) is 10.6 Å². The molecule has 2 aromatic rings. The van der Waals surface area contributed by atoms with Gasteiger partial charge in [-0.2, -0.15) is 0 Å². The van der Waals surface area contributed by atoms with Gasteiger partial charge in [0.2, 0.25) is 0 Å². The molecule has 1 unspecified atom stereocenters. The molecule has 1 aromatic heterocycles. The number of nitrogens with zero attached hydrogens (tertiary/aromatic N) is 2. The summed E-state index contributed by atoms with van der Waals surface area (Å²) in [5, 5.41) is 4.33. The van der Waals surface area contributed by atoms with Crippen LogP contribution in [0.2, 0.25) is 0 Å². The first-order valence-electron chi connectivity index (χ1n) is 6.87. The molecular weight excluding hydrogens is 248 g/mol. The highest BCUT2D eigenvalue weighted by molar-refractivity contribution is 6.05. The number of oxime groups is 1. The first-order valence-corrected chi connectivity index (χ1v) is 6.87. The largest absolute Gasteiger partial charge is 0.391 e. The molecule has 0 aliphatic carbocycles. The lowest BCUT2D eigenvalue weighted by Crippen LogP contribution is -2.35. The van der Waals surface area contributed by atoms with Gasteiger partial charge in [-0.15, -0.1) is 0 Å². The Morgan fingerprint density at radius 3 is 2.50 bits per heavy atom. The lowest BCUT2D eigenvalue weighted by Gasteiger charge is -2.25. The van der Waals surface area contributed by atoms with Crippen molar-refractivity contribution in [1.82, 2.24) is 4.98 Å². The molecule has 20 heavy (non-hydrogen) atoms. The lowest BCUT2D eigenvalue weighted by atomic mass is 9.77. The minimum absolute atomic E-state index is 0.0209. The van der Waals surface area contributed by atoms with Crippen LogP contribution in [0.4, 0.5) is 0 Å². The first-order chi connectivity index (χ1) is 9.68. The third-order valence-corrected chi connectivity index (χ3v) is 3.85. The molecule has 0 N–H and O–H groups in total. The number of pyridine rings is 1. The zero-order chi connectivity index (χ0) is 14.0. The third-order valence-electron chi connectivity index (χ3n) is 3.85. The maximum atomic E-state index is 5.69. The third kappa shape index (κ3) is 2.31. The van der Waals surface area contributed by atoms with Gasteiger partial charge in [0.15, 0.2) is 0 Å². The molecule has 2 heterocycles. The summed E-state index contributed by atoms with van der Waals surface area (Å²) in [6.45, 7) is 4.36. The van der Waals surface area contributed by atoms with Crippen molar-refractivity contribution in [3.63, 3.8) is 0 Å². The van der Waals surface area contributed by atoms with Crippen molar-refractivity contribution in [1.29, 1.82) is 0 Å². The number of rotatable bonds is 3. The van der Waals surface area contributed by atoms with Crippen molar-refractivity contribution in [3.8, 4) is 0 Å². The van der Waals surface area contributed by atoms with Gasteiger partial charge in [0.1, 0.15) is 6.10 Å². The highest BCUT2D eigenvalue weighted by atomic mass is 16.6. The number of aromatic nitrogens is 1. The molecule has 1 aromatic carbocycles. The minimum Gasteiger partial charge on any atom is -0.391 e. The molecule has 0 saturated heterocycles. The molecule has 3 heteroatoms. The van der Waals surface area contributed by atoms with Gasteiger partial charge in [0, 0.05) is 18.3 Å². The van der Waals surface area contributed by atoms with Crippen LogP contribution in [0.1, 0.15) is 25.1 Å². The summed E-state index contributed by atoms with van der Waals surface area (Å²) < 4.78 is 0. The van der Waals surface area contributed by atoms with E-state index >= 15 is 0 Å². The van der Waals surface area contributed by atoms with Gasteiger partial charge in [0.25, 0.3) is 0 Å². The topological polar surface area (TPSA) is 34.5 Å². The van der Waals surface area contributed by atoms with Crippen molar-refractivity contribution in [2.45, 2.75) is 26.4 Å². The quantitative estimate of drug-likeness (QED) is 0.852. The Balaban J connectivity index is 1.82. The van der Waals surface area contributed by atoms with Crippen LogP contribution in [0.5, 0.6) is 0 Å². The van der Waals surface area contributed by atoms with Crippen molar-refractivity contribution in [3.05, 3.63) is 66.0 Å². The molecule has 102 valence electrons. The summed E-state index contributed by atoms with van der Waals surface area (Å²) in [6, 6.07) is 16.2. The molecule has 1 aliphatic rings. The molecule has 1 atom stereocenters. The Morgan fingerprint density at radius 1 is 1.05 bits per heavy atom. The van der Waals surface area contributed by atoms with Gasteiger partial charge < -0.3 is 4.84 Å². The second kappa shape index (κ2) is 5.08. The van der Waals surface area contributed by atoms with Gasteiger partial charge in [-0.3, -0.25) is 4.98 Å². The monoisotopic (exact) mass is 266 g/mol. The van der Waals surface area contributed by atoms with Crippen LogP contribution in [-0.4, -0.2) is 16.8 Å². The Labute approximate surface area is 119 Å². The second-order valence-electron chi connectivity index (χ2n) is 5.65. The fraction of sp³-hybridized carbons (Fsp3) is 0.294. The Kier molecular flexibility index (Phi) is 3.26. The lowest BCUT2D eigenvalue weighted by molar-refractivity contribution is 0.0364. The second-order valence-corrected chi connectivity index (χ2v) is 5.65. The Morgan fingerprint density at radius 2 is 1.80 bits per heavy atom. The van der Waals surface area contributed by atoms with Crippen LogP contribution in [0.25, 0.3) is 0 Å². The van der Waals surface area contributed by atoms with Crippen molar-refractivity contribution < 1.29 is 4.84 Å². The molecule has 0 fully saturated rings. The predicted molar refractivity (Wildman–Crippen MR) is 79.6 cm³/mol. The number of benzene rings is 1. The highest BCUT2D eigenvalue weighted by Gasteiger charge is 2.42. The summed E-state index contributed by atoms with van der Waals surface area (Å²) in [7, 11) is 0. The fourth-order valence-corrected chi connectivity index (χ4v) is 2.54. The molecule has 0 amide bonds. The summed E-state index contributed by atoms with van der Waals surface area (Å²) in [5.41, 5.74) is 3.05. The van der Waals surface area contributed by atoms with Gasteiger partial charge in [-0.1, -0.05) is 55.4 Å². The van der Waals surface area contributed by atoms with Crippen LogP contribution in [0.15, 0.2) is 59.9 Å². The van der Waals surface area contributed by atoms with E-state index in [0.717, 1.165) is 23.4 Å². The summed E-state index contributed by atoms with van der Waals surface area (Å²) in [6.07, 6.45) is 2.61. The Hall–Kier alpha value is -2.16. The van der Waals surface area contributed by atoms with Crippen LogP contribution < -0.4 is 0 Å². The zero-order valence-electron chi connectivity index (χ0n) is 11.8. The Bertz CT molecular complexity index is 605. The maximum absolute atomic E-state index is 5.69. The van der Waals surface area contributed by atoms with Crippen molar-refractivity contribution >= 4 is 5.71 Å². The van der Waals surface area contributed by atoms with Crippen LogP contribution in [0.3, 0.4) is 0 Å². The summed E-state index contributed by atoms with van der Waals surface area (Å²) in [5.74, 6) is 0. The van der Waals surface area contributed by atoms with E-state index in [4.69, 9.17) is 4.84 Å². The van der Waals surface area contributed by atoms with Crippen LogP contribution in [-0.2, 0) is 11.3 Å². The molecule has 1 aliphatic heterocycles. The molecule has 0 saturated carbocycles. The van der Waals surface area contributed by atoms with E-state index in [0.29, 0.717) is 0 Å². The van der Waals surface area contributed by atoms with E-state index in [9.17, 15) is 0 Å². The molecular formula is C17H18N2O. The SMILES string of the molecule is CC1(C)C(c2ccccc2)=NOC1Cc1ccccn1. The van der Waals surface area contributed by atoms with Crippen LogP contribution >= 0.6 is 0 Å². The number of hydrogen-bond donors (Lipinski definition) is 0. The van der Waals surface area contributed by atoms with Crippen molar-refractivity contribution in [2.75, 3.05) is 0 Å². The van der Waals surface area contributed by atoms with Gasteiger partial charge >= 0.3 is 0 Å². The maximum Gasteiger partial charge on any atom is 0.143 e. The number of hydrogen-bond acceptors (Lipinski definition) is 3. The molecule has 0 bridgehead atoms. The first kappa shape index (κ1) is 12.9. The van der Waals surface area contributed by atoms with E-state index in [1.54, 1.807) is 0 Å². The zero-order valence-corrected chi connectivity index (χ0v) is 11.8. The molecule has 0 radical (unpaired) electrons. The predicted octanol–water partition coefficient (Wildman–Crippen LogP) is 3.45. The van der Waals surface area contributed by atoms with Gasteiger partial charge in [0.05, 0.1) is 11.1 Å². The fourth-order valence-electron chi connectivity index (χ4n) is 2.54. The van der Waals surface area contributed by atoms with E-state index < -0.39 is 0 Å². The van der Waals surface area contributed by atoms with Gasteiger partial charge in [-0.05, 0) is 17.7 Å². The van der Waals surface area contributed by atoms with E-state index in [1.807, 2.05) is 42.6 Å². The molecule has 3 rings (SSSR count). The minimum atomic E-state index is -0.126. The standard InChI is InChI=1S/C17H18N2O/c1-17(2)15(12-14-10-6-7-11-18-14)20-19-16(17)13-8-4-3-5-9-13/h3-11,15H,12H2,1-2H3. The van der Waals surface area contributed by atoms with E-state index in [1.165, 1.54) is 0 Å². The summed E-state index contributed by atoms with van der Waals surface area (Å²) in [4.78, 5) is 10.1. The average molecular weight is 266 g/mol. The normalized spacial score (nSPS) is 20.3. The average Bonchev–Trinajstić information content (AvgIpc) is 2.76. The van der Waals surface area contributed by atoms with E-state index in [-0.39, 0.29) is 11.5 Å².